The lowest BCUT2D eigenvalue weighted by Gasteiger charge is -2.19. The van der Waals surface area contributed by atoms with Crippen molar-refractivity contribution in [2.24, 2.45) is 0 Å². The summed E-state index contributed by atoms with van der Waals surface area (Å²) in [5, 5.41) is 15.3. The van der Waals surface area contributed by atoms with Gasteiger partial charge in [-0.25, -0.2) is 4.79 Å². The van der Waals surface area contributed by atoms with Crippen LogP contribution >= 0.6 is 22.9 Å². The van der Waals surface area contributed by atoms with Gasteiger partial charge >= 0.3 is 12.1 Å². The van der Waals surface area contributed by atoms with Gasteiger partial charge in [0.15, 0.2) is 5.78 Å². The van der Waals surface area contributed by atoms with Gasteiger partial charge in [-0.05, 0) is 65.9 Å². The van der Waals surface area contributed by atoms with E-state index in [1.807, 2.05) is 55.5 Å². The number of anilines is 1. The molecule has 1 aliphatic rings. The number of aliphatic carboxylic acids is 1. The molecule has 1 aromatic heterocycles. The highest BCUT2D eigenvalue weighted by Crippen LogP contribution is 2.44. The van der Waals surface area contributed by atoms with E-state index >= 15 is 0 Å². The Kier molecular flexibility index (Phi) is 8.42. The predicted octanol–water partition coefficient (Wildman–Crippen LogP) is 6.57. The zero-order valence-electron chi connectivity index (χ0n) is 22.8. The van der Waals surface area contributed by atoms with Crippen LogP contribution in [-0.2, 0) is 14.3 Å². The Balaban J connectivity index is 1.30. The van der Waals surface area contributed by atoms with Crippen LogP contribution in [0.25, 0.3) is 11.1 Å². The largest absolute Gasteiger partial charge is 0.481 e. The molecule has 0 radical (unpaired) electrons. The van der Waals surface area contributed by atoms with Crippen molar-refractivity contribution < 1.29 is 29.0 Å². The van der Waals surface area contributed by atoms with Crippen LogP contribution in [0.4, 0.5) is 9.80 Å². The minimum atomic E-state index is -1.45. The van der Waals surface area contributed by atoms with Crippen molar-refractivity contribution in [1.29, 1.82) is 0 Å². The first kappa shape index (κ1) is 29.0. The standard InChI is InChI=1S/C32H27ClN2O6S/c1-17-18(2)42-31(28(17)29(38)19-11-13-20(33)14-12-19)35-30(39)26(15-27(36)37)34-32(40)41-16-25-23-9-5-3-7-21(23)22-8-4-6-10-24(22)25/h3-14,25-26H,15-16H2,1-2H3,(H,34,40)(H,35,39)(H,36,37)/t26-/m1/s1. The smallest absolute Gasteiger partial charge is 0.407 e. The monoisotopic (exact) mass is 602 g/mol. The van der Waals surface area contributed by atoms with Crippen LogP contribution in [0.3, 0.4) is 0 Å². The molecule has 2 amide bonds. The minimum absolute atomic E-state index is 0.00429. The van der Waals surface area contributed by atoms with Gasteiger partial charge in [0.25, 0.3) is 0 Å². The Labute approximate surface area is 251 Å². The van der Waals surface area contributed by atoms with Crippen LogP contribution in [0, 0.1) is 13.8 Å². The molecule has 214 valence electrons. The Morgan fingerprint density at radius 3 is 2.12 bits per heavy atom. The summed E-state index contributed by atoms with van der Waals surface area (Å²) in [6, 6.07) is 20.7. The Bertz CT molecular complexity index is 1650. The van der Waals surface area contributed by atoms with Crippen LogP contribution in [0.5, 0.6) is 0 Å². The van der Waals surface area contributed by atoms with Crippen molar-refractivity contribution in [2.45, 2.75) is 32.2 Å². The summed E-state index contributed by atoms with van der Waals surface area (Å²) in [6.07, 6.45) is -1.60. The van der Waals surface area contributed by atoms with Crippen LogP contribution in [0.2, 0.25) is 5.02 Å². The number of thiophene rings is 1. The number of halogens is 1. The summed E-state index contributed by atoms with van der Waals surface area (Å²) >= 11 is 7.16. The molecule has 1 heterocycles. The maximum Gasteiger partial charge on any atom is 0.407 e. The van der Waals surface area contributed by atoms with Crippen LogP contribution in [0.15, 0.2) is 72.8 Å². The SMILES string of the molecule is Cc1sc(NC(=O)[C@@H](CC(=O)O)NC(=O)OCC2c3ccccc3-c3ccccc32)c(C(=O)c2ccc(Cl)cc2)c1C. The van der Waals surface area contributed by atoms with Gasteiger partial charge in [0.2, 0.25) is 5.91 Å². The highest BCUT2D eigenvalue weighted by Gasteiger charge is 2.31. The number of fused-ring (bicyclic) bond motifs is 3. The zero-order valence-corrected chi connectivity index (χ0v) is 24.3. The van der Waals surface area contributed by atoms with E-state index in [9.17, 15) is 24.3 Å². The van der Waals surface area contributed by atoms with Crippen molar-refractivity contribution in [3.63, 3.8) is 0 Å². The van der Waals surface area contributed by atoms with E-state index in [-0.39, 0.29) is 23.3 Å². The number of carboxylic acid groups (broad SMARTS) is 1. The van der Waals surface area contributed by atoms with Crippen LogP contribution in [-0.4, -0.2) is 41.5 Å². The first-order chi connectivity index (χ1) is 20.1. The van der Waals surface area contributed by atoms with Crippen LogP contribution in [0.1, 0.15) is 49.8 Å². The molecule has 0 saturated heterocycles. The van der Waals surface area contributed by atoms with Crippen molar-refractivity contribution in [1.82, 2.24) is 5.32 Å². The average Bonchev–Trinajstić information content (AvgIpc) is 3.44. The Morgan fingerprint density at radius 1 is 0.929 bits per heavy atom. The van der Waals surface area contributed by atoms with Gasteiger partial charge in [-0.3, -0.25) is 14.4 Å². The summed E-state index contributed by atoms with van der Waals surface area (Å²) in [5.74, 6) is -2.58. The minimum Gasteiger partial charge on any atom is -0.481 e. The highest BCUT2D eigenvalue weighted by atomic mass is 35.5. The van der Waals surface area contributed by atoms with E-state index < -0.39 is 30.4 Å². The first-order valence-corrected chi connectivity index (χ1v) is 14.4. The van der Waals surface area contributed by atoms with E-state index in [4.69, 9.17) is 16.3 Å². The lowest BCUT2D eigenvalue weighted by Crippen LogP contribution is -2.45. The van der Waals surface area contributed by atoms with E-state index in [1.165, 1.54) is 11.3 Å². The molecule has 1 aliphatic carbocycles. The topological polar surface area (TPSA) is 122 Å². The quantitative estimate of drug-likeness (QED) is 0.186. The lowest BCUT2D eigenvalue weighted by atomic mass is 9.98. The summed E-state index contributed by atoms with van der Waals surface area (Å²) < 4.78 is 5.52. The number of carbonyl (C=O) groups excluding carboxylic acids is 3. The van der Waals surface area contributed by atoms with Crippen LogP contribution < -0.4 is 10.6 Å². The van der Waals surface area contributed by atoms with Crippen molar-refractivity contribution in [3.8, 4) is 11.1 Å². The fourth-order valence-corrected chi connectivity index (χ4v) is 6.29. The summed E-state index contributed by atoms with van der Waals surface area (Å²) in [5.41, 5.74) is 5.54. The second-order valence-electron chi connectivity index (χ2n) is 9.93. The number of amides is 2. The molecule has 0 spiro atoms. The third kappa shape index (κ3) is 5.93. The number of aryl methyl sites for hydroxylation is 1. The summed E-state index contributed by atoms with van der Waals surface area (Å²) in [7, 11) is 0. The molecule has 0 unspecified atom stereocenters. The molecule has 3 N–H and O–H groups in total. The van der Waals surface area contributed by atoms with E-state index in [2.05, 4.69) is 10.6 Å². The average molecular weight is 603 g/mol. The summed E-state index contributed by atoms with van der Waals surface area (Å²) in [4.78, 5) is 51.9. The number of hydrogen-bond donors (Lipinski definition) is 3. The van der Waals surface area contributed by atoms with Gasteiger partial charge < -0.3 is 20.5 Å². The Hall–Kier alpha value is -4.47. The molecule has 5 rings (SSSR count). The van der Waals surface area contributed by atoms with Gasteiger partial charge in [-0.15, -0.1) is 11.3 Å². The normalized spacial score (nSPS) is 12.6. The molecule has 0 saturated carbocycles. The van der Waals surface area contributed by atoms with Crippen molar-refractivity contribution in [3.05, 3.63) is 111 Å². The maximum atomic E-state index is 13.3. The molecule has 42 heavy (non-hydrogen) atoms. The number of hydrogen-bond acceptors (Lipinski definition) is 6. The highest BCUT2D eigenvalue weighted by molar-refractivity contribution is 7.16. The molecule has 0 bridgehead atoms. The predicted molar refractivity (Wildman–Crippen MR) is 162 cm³/mol. The number of benzene rings is 3. The molecule has 0 aliphatic heterocycles. The second kappa shape index (κ2) is 12.2. The number of carbonyl (C=O) groups is 4. The number of alkyl carbamates (subject to hydrolysis) is 1. The van der Waals surface area contributed by atoms with Gasteiger partial charge in [-0.1, -0.05) is 60.1 Å². The van der Waals surface area contributed by atoms with Gasteiger partial charge in [0.1, 0.15) is 17.6 Å². The number of rotatable bonds is 9. The fraction of sp³-hybridized carbons (Fsp3) is 0.188. The summed E-state index contributed by atoms with van der Waals surface area (Å²) in [6.45, 7) is 3.59. The van der Waals surface area contributed by atoms with Gasteiger partial charge in [0.05, 0.1) is 12.0 Å². The molecule has 0 fully saturated rings. The molecular weight excluding hydrogens is 576 g/mol. The number of nitrogens with one attached hydrogen (secondary N) is 2. The van der Waals surface area contributed by atoms with Crippen molar-refractivity contribution >= 4 is 51.7 Å². The Morgan fingerprint density at radius 2 is 1.52 bits per heavy atom. The maximum absolute atomic E-state index is 13.3. The number of ether oxygens (including phenoxy) is 1. The molecule has 4 aromatic rings. The molecule has 8 nitrogen and oxygen atoms in total. The van der Waals surface area contributed by atoms with E-state index in [1.54, 1.807) is 31.2 Å². The molecule has 1 atom stereocenters. The first-order valence-electron chi connectivity index (χ1n) is 13.2. The molecule has 10 heteroatoms. The van der Waals surface area contributed by atoms with Gasteiger partial charge in [0, 0.05) is 21.4 Å². The molecular formula is C32H27ClN2O6S. The van der Waals surface area contributed by atoms with E-state index in [0.29, 0.717) is 21.7 Å². The van der Waals surface area contributed by atoms with Gasteiger partial charge in [-0.2, -0.15) is 0 Å². The zero-order chi connectivity index (χ0) is 30.0. The molecule has 3 aromatic carbocycles. The number of ketones is 1. The second-order valence-corrected chi connectivity index (χ2v) is 11.6. The fourth-order valence-electron chi connectivity index (χ4n) is 5.10. The lowest BCUT2D eigenvalue weighted by molar-refractivity contribution is -0.139. The number of carboxylic acids is 1. The third-order valence-electron chi connectivity index (χ3n) is 7.29. The van der Waals surface area contributed by atoms with Crippen molar-refractivity contribution in [2.75, 3.05) is 11.9 Å². The van der Waals surface area contributed by atoms with E-state index in [0.717, 1.165) is 27.1 Å². The third-order valence-corrected chi connectivity index (χ3v) is 8.66.